The first-order valence-corrected chi connectivity index (χ1v) is 8.28. The number of hydrogen-bond donors (Lipinski definition) is 1. The molecule has 4 aromatic rings. The molecule has 0 saturated heterocycles. The van der Waals surface area contributed by atoms with Crippen molar-refractivity contribution in [3.63, 3.8) is 0 Å². The average molecular weight is 326 g/mol. The zero-order valence-electron chi connectivity index (χ0n) is 14.2. The molecule has 3 nitrogen and oxygen atoms in total. The van der Waals surface area contributed by atoms with Gasteiger partial charge in [0.2, 0.25) is 0 Å². The Bertz CT molecular complexity index is 1140. The quantitative estimate of drug-likeness (QED) is 0.409. The van der Waals surface area contributed by atoms with E-state index in [-0.39, 0.29) is 5.78 Å². The van der Waals surface area contributed by atoms with Gasteiger partial charge < -0.3 is 4.98 Å². The minimum Gasteiger partial charge on any atom is -0.361 e. The van der Waals surface area contributed by atoms with Crippen molar-refractivity contribution in [1.29, 1.82) is 0 Å². The van der Waals surface area contributed by atoms with Crippen LogP contribution in [0.5, 0.6) is 0 Å². The van der Waals surface area contributed by atoms with Crippen LogP contribution in [0.15, 0.2) is 66.4 Å². The van der Waals surface area contributed by atoms with Crippen LogP contribution >= 0.6 is 0 Å². The van der Waals surface area contributed by atoms with Gasteiger partial charge in [-0.25, -0.2) is 0 Å². The first-order valence-electron chi connectivity index (χ1n) is 8.28. The Balaban J connectivity index is 1.77. The van der Waals surface area contributed by atoms with Gasteiger partial charge in [0.05, 0.1) is 5.52 Å². The van der Waals surface area contributed by atoms with Gasteiger partial charge in [-0.1, -0.05) is 24.3 Å². The number of nitrogens with zero attached hydrogens (tertiary/aromatic N) is 1. The zero-order valence-corrected chi connectivity index (χ0v) is 14.2. The third-order valence-corrected chi connectivity index (χ3v) is 4.41. The molecule has 0 aliphatic carbocycles. The van der Waals surface area contributed by atoms with Gasteiger partial charge >= 0.3 is 0 Å². The van der Waals surface area contributed by atoms with E-state index >= 15 is 0 Å². The number of H-pyrrole nitrogens is 1. The normalized spacial score (nSPS) is 12.0. The molecule has 1 N–H and O–H groups in total. The fourth-order valence-electron chi connectivity index (χ4n) is 3.19. The lowest BCUT2D eigenvalue weighted by atomic mass is 9.98. The number of allylic oxidation sites excluding steroid dienone is 1. The van der Waals surface area contributed by atoms with Gasteiger partial charge in [-0.05, 0) is 66.8 Å². The number of fused-ring (bicyclic) bond motifs is 2. The Morgan fingerprint density at radius 3 is 2.80 bits per heavy atom. The first kappa shape index (κ1) is 15.3. The highest BCUT2D eigenvalue weighted by atomic mass is 16.1. The molecular weight excluding hydrogens is 308 g/mol. The zero-order chi connectivity index (χ0) is 17.4. The van der Waals surface area contributed by atoms with Crippen molar-refractivity contribution in [2.75, 3.05) is 0 Å². The molecule has 0 spiro atoms. The molecule has 0 aliphatic rings. The molecule has 2 aromatic heterocycles. The topological polar surface area (TPSA) is 45.8 Å². The number of aryl methyl sites for hydroxylation is 1. The number of carbonyl (C=O) groups is 1. The van der Waals surface area contributed by atoms with Crippen molar-refractivity contribution in [3.05, 3.63) is 83.2 Å². The lowest BCUT2D eigenvalue weighted by Gasteiger charge is -2.08. The minimum absolute atomic E-state index is 0.0378. The van der Waals surface area contributed by atoms with Crippen molar-refractivity contribution in [3.8, 4) is 0 Å². The van der Waals surface area contributed by atoms with E-state index in [4.69, 9.17) is 0 Å². The summed E-state index contributed by atoms with van der Waals surface area (Å²) in [4.78, 5) is 20.7. The second-order valence-electron chi connectivity index (χ2n) is 6.31. The SMILES string of the molecule is C/C(=C\c1ccc2[nH]ccc2c1)C(=O)c1cc(C)nc2ccccc12. The molecule has 0 aliphatic heterocycles. The van der Waals surface area contributed by atoms with E-state index in [0.717, 1.165) is 33.1 Å². The lowest BCUT2D eigenvalue weighted by Crippen LogP contribution is -2.03. The van der Waals surface area contributed by atoms with Gasteiger partial charge in [-0.3, -0.25) is 9.78 Å². The predicted octanol–water partition coefficient (Wildman–Crippen LogP) is 5.31. The second kappa shape index (κ2) is 6.02. The summed E-state index contributed by atoms with van der Waals surface area (Å²) in [6.45, 7) is 3.79. The largest absolute Gasteiger partial charge is 0.361 e. The van der Waals surface area contributed by atoms with Crippen LogP contribution < -0.4 is 0 Å². The van der Waals surface area contributed by atoms with Crippen LogP contribution in [-0.2, 0) is 0 Å². The maximum atomic E-state index is 13.0. The summed E-state index contributed by atoms with van der Waals surface area (Å²) in [7, 11) is 0. The fourth-order valence-corrected chi connectivity index (χ4v) is 3.19. The van der Waals surface area contributed by atoms with E-state index in [9.17, 15) is 4.79 Å². The Kier molecular flexibility index (Phi) is 3.69. The van der Waals surface area contributed by atoms with Gasteiger partial charge in [-0.2, -0.15) is 0 Å². The Morgan fingerprint density at radius 1 is 1.08 bits per heavy atom. The fraction of sp³-hybridized carbons (Fsp3) is 0.0909. The Hall–Kier alpha value is -3.20. The summed E-state index contributed by atoms with van der Waals surface area (Å²) in [5.41, 5.74) is 5.24. The molecule has 0 saturated carbocycles. The number of pyridine rings is 1. The van der Waals surface area contributed by atoms with Crippen LogP contribution in [0, 0.1) is 6.92 Å². The highest BCUT2D eigenvalue weighted by Gasteiger charge is 2.13. The van der Waals surface area contributed by atoms with E-state index in [1.165, 1.54) is 0 Å². The number of aromatic nitrogens is 2. The summed E-state index contributed by atoms with van der Waals surface area (Å²) >= 11 is 0. The molecule has 122 valence electrons. The van der Waals surface area contributed by atoms with E-state index in [0.29, 0.717) is 11.1 Å². The van der Waals surface area contributed by atoms with Gasteiger partial charge in [0, 0.05) is 28.4 Å². The maximum absolute atomic E-state index is 13.0. The smallest absolute Gasteiger partial charge is 0.189 e. The van der Waals surface area contributed by atoms with Crippen LogP contribution in [0.1, 0.15) is 28.5 Å². The van der Waals surface area contributed by atoms with Crippen LogP contribution in [0.2, 0.25) is 0 Å². The predicted molar refractivity (Wildman–Crippen MR) is 103 cm³/mol. The van der Waals surface area contributed by atoms with Gasteiger partial charge in [0.15, 0.2) is 5.78 Å². The molecule has 4 rings (SSSR count). The molecule has 0 unspecified atom stereocenters. The van der Waals surface area contributed by atoms with Gasteiger partial charge in [0.25, 0.3) is 0 Å². The van der Waals surface area contributed by atoms with Crippen LogP contribution in [0.25, 0.3) is 27.9 Å². The Labute approximate surface area is 146 Å². The number of ketones is 1. The summed E-state index contributed by atoms with van der Waals surface area (Å²) in [5, 5.41) is 2.03. The van der Waals surface area contributed by atoms with Crippen molar-refractivity contribution in [2.24, 2.45) is 0 Å². The molecule has 3 heteroatoms. The molecule has 25 heavy (non-hydrogen) atoms. The third kappa shape index (κ3) is 2.85. The van der Waals surface area contributed by atoms with E-state index < -0.39 is 0 Å². The van der Waals surface area contributed by atoms with E-state index in [2.05, 4.69) is 16.0 Å². The highest BCUT2D eigenvalue weighted by molar-refractivity contribution is 6.17. The average Bonchev–Trinajstić information content (AvgIpc) is 3.08. The minimum atomic E-state index is 0.0378. The molecule has 0 bridgehead atoms. The standard InChI is InChI=1S/C22H18N2O/c1-14(11-16-7-8-20-17(13-16)9-10-23-20)22(25)19-12-15(2)24-21-6-4-3-5-18(19)21/h3-13,23H,1-2H3/b14-11+. The van der Waals surface area contributed by atoms with Crippen molar-refractivity contribution in [2.45, 2.75) is 13.8 Å². The second-order valence-corrected chi connectivity index (χ2v) is 6.31. The van der Waals surface area contributed by atoms with Crippen molar-refractivity contribution in [1.82, 2.24) is 9.97 Å². The Morgan fingerprint density at radius 2 is 1.92 bits per heavy atom. The third-order valence-electron chi connectivity index (χ3n) is 4.41. The number of nitrogens with one attached hydrogen (secondary N) is 1. The number of benzene rings is 2. The number of hydrogen-bond acceptors (Lipinski definition) is 2. The van der Waals surface area contributed by atoms with E-state index in [1.807, 2.05) is 74.7 Å². The molecule has 2 heterocycles. The van der Waals surface area contributed by atoms with E-state index in [1.54, 1.807) is 0 Å². The number of aromatic amines is 1. The summed E-state index contributed by atoms with van der Waals surface area (Å²) < 4.78 is 0. The molecule has 0 atom stereocenters. The maximum Gasteiger partial charge on any atom is 0.189 e. The number of carbonyl (C=O) groups excluding carboxylic acids is 1. The number of rotatable bonds is 3. The highest BCUT2D eigenvalue weighted by Crippen LogP contribution is 2.23. The van der Waals surface area contributed by atoms with Crippen molar-refractivity contribution < 1.29 is 4.79 Å². The lowest BCUT2D eigenvalue weighted by molar-refractivity contribution is 0.103. The molecule has 0 fully saturated rings. The monoisotopic (exact) mass is 326 g/mol. The van der Waals surface area contributed by atoms with Gasteiger partial charge in [-0.15, -0.1) is 0 Å². The van der Waals surface area contributed by atoms with Crippen LogP contribution in [0.4, 0.5) is 0 Å². The van der Waals surface area contributed by atoms with Crippen LogP contribution in [-0.4, -0.2) is 15.8 Å². The molecule has 0 amide bonds. The van der Waals surface area contributed by atoms with Crippen LogP contribution in [0.3, 0.4) is 0 Å². The first-order chi connectivity index (χ1) is 12.1. The number of Topliss-reactive ketones (excluding diaryl/α,β-unsaturated/α-hetero) is 1. The van der Waals surface area contributed by atoms with Gasteiger partial charge in [0.1, 0.15) is 0 Å². The molecule has 2 aromatic carbocycles. The summed E-state index contributed by atoms with van der Waals surface area (Å²) in [6, 6.07) is 17.8. The summed E-state index contributed by atoms with van der Waals surface area (Å²) in [6.07, 6.45) is 3.86. The summed E-state index contributed by atoms with van der Waals surface area (Å²) in [5.74, 6) is 0.0378. The van der Waals surface area contributed by atoms with Crippen molar-refractivity contribution >= 4 is 33.7 Å². The number of para-hydroxylation sites is 1. The molecule has 0 radical (unpaired) electrons. The molecular formula is C22H18N2O.